The monoisotopic (exact) mass is 439 g/mol. The molecule has 31 heavy (non-hydrogen) atoms. The number of amides is 2. The van der Waals surface area contributed by atoms with Gasteiger partial charge in [0.05, 0.1) is 5.75 Å². The number of carbonyl (C=O) groups excluding carboxylic acids is 2. The molecule has 0 spiro atoms. The van der Waals surface area contributed by atoms with Crippen LogP contribution in [-0.2, 0) is 20.9 Å². The van der Waals surface area contributed by atoms with Gasteiger partial charge in [0.25, 0.3) is 0 Å². The summed E-state index contributed by atoms with van der Waals surface area (Å²) in [6.45, 7) is 4.06. The first kappa shape index (κ1) is 22.6. The number of aliphatic carboxylic acids is 1. The zero-order chi connectivity index (χ0) is 22.1. The first-order chi connectivity index (χ1) is 15.0. The smallest absolute Gasteiger partial charge is 0.328 e. The lowest BCUT2D eigenvalue weighted by atomic mass is 10.2. The summed E-state index contributed by atoms with van der Waals surface area (Å²) < 4.78 is 0. The van der Waals surface area contributed by atoms with Crippen LogP contribution in [0, 0.1) is 0 Å². The van der Waals surface area contributed by atoms with Crippen LogP contribution in [0.2, 0.25) is 0 Å². The minimum absolute atomic E-state index is 0.100. The van der Waals surface area contributed by atoms with Gasteiger partial charge in [-0.05, 0) is 23.8 Å². The minimum atomic E-state index is -1.18. The molecular formula is C23H25N3O4S. The van der Waals surface area contributed by atoms with Gasteiger partial charge in [0.1, 0.15) is 0 Å². The number of carbonyl (C=O) groups is 3. The summed E-state index contributed by atoms with van der Waals surface area (Å²) in [5, 5.41) is 11.2. The number of thioether (sulfide) groups is 1. The van der Waals surface area contributed by atoms with Crippen LogP contribution in [0.5, 0.6) is 0 Å². The van der Waals surface area contributed by atoms with Crippen molar-refractivity contribution in [1.29, 1.82) is 0 Å². The number of carboxylic acid groups (broad SMARTS) is 1. The van der Waals surface area contributed by atoms with E-state index in [0.717, 1.165) is 49.8 Å². The molecule has 0 atom stereocenters. The Labute approximate surface area is 185 Å². The van der Waals surface area contributed by atoms with E-state index < -0.39 is 11.9 Å². The van der Waals surface area contributed by atoms with Crippen molar-refractivity contribution in [2.24, 2.45) is 0 Å². The van der Waals surface area contributed by atoms with E-state index in [0.29, 0.717) is 11.4 Å². The van der Waals surface area contributed by atoms with Crippen molar-refractivity contribution in [3.05, 3.63) is 72.3 Å². The molecule has 0 aromatic heterocycles. The largest absolute Gasteiger partial charge is 0.478 e. The molecule has 1 aliphatic heterocycles. The zero-order valence-electron chi connectivity index (χ0n) is 17.1. The molecule has 0 aliphatic carbocycles. The van der Waals surface area contributed by atoms with Crippen molar-refractivity contribution in [3.8, 4) is 0 Å². The number of benzene rings is 2. The molecule has 1 saturated heterocycles. The number of nitrogens with zero attached hydrogens (tertiary/aromatic N) is 2. The van der Waals surface area contributed by atoms with Crippen LogP contribution in [-0.4, -0.2) is 64.6 Å². The number of piperazine rings is 1. The summed E-state index contributed by atoms with van der Waals surface area (Å²) in [4.78, 5) is 39.9. The molecule has 7 nitrogen and oxygen atoms in total. The van der Waals surface area contributed by atoms with Gasteiger partial charge in [0, 0.05) is 55.5 Å². The summed E-state index contributed by atoms with van der Waals surface area (Å²) in [6.07, 6.45) is 1.75. The summed E-state index contributed by atoms with van der Waals surface area (Å²) in [6, 6.07) is 17.5. The number of hydrogen-bond acceptors (Lipinski definition) is 5. The molecule has 1 aliphatic rings. The first-order valence-corrected chi connectivity index (χ1v) is 11.0. The number of rotatable bonds is 8. The van der Waals surface area contributed by atoms with E-state index in [4.69, 9.17) is 5.11 Å². The van der Waals surface area contributed by atoms with Gasteiger partial charge in [-0.25, -0.2) is 4.79 Å². The van der Waals surface area contributed by atoms with Gasteiger partial charge in [0.2, 0.25) is 11.8 Å². The van der Waals surface area contributed by atoms with Gasteiger partial charge in [-0.2, -0.15) is 0 Å². The van der Waals surface area contributed by atoms with Gasteiger partial charge in [-0.15, -0.1) is 11.8 Å². The molecule has 0 saturated carbocycles. The molecule has 3 rings (SSSR count). The SMILES string of the molecule is O=C(O)/C=C/C(=O)Nc1cccc(SCC(=O)N2CCN(Cc3ccccc3)CC2)c1. The maximum atomic E-state index is 12.6. The van der Waals surface area contributed by atoms with E-state index in [9.17, 15) is 14.4 Å². The molecule has 8 heteroatoms. The second-order valence-electron chi connectivity index (χ2n) is 7.12. The Balaban J connectivity index is 1.43. The van der Waals surface area contributed by atoms with Crippen molar-refractivity contribution >= 4 is 35.2 Å². The van der Waals surface area contributed by atoms with Gasteiger partial charge >= 0.3 is 5.97 Å². The fraction of sp³-hybridized carbons (Fsp3) is 0.261. The maximum absolute atomic E-state index is 12.6. The van der Waals surface area contributed by atoms with E-state index in [1.165, 1.54) is 17.3 Å². The molecule has 1 fully saturated rings. The molecular weight excluding hydrogens is 414 g/mol. The summed E-state index contributed by atoms with van der Waals surface area (Å²) in [7, 11) is 0. The second kappa shape index (κ2) is 11.3. The van der Waals surface area contributed by atoms with Crippen LogP contribution in [0.25, 0.3) is 0 Å². The Kier molecular flexibility index (Phi) is 8.26. The van der Waals surface area contributed by atoms with Crippen LogP contribution in [0.1, 0.15) is 5.56 Å². The highest BCUT2D eigenvalue weighted by molar-refractivity contribution is 8.00. The summed E-state index contributed by atoms with van der Waals surface area (Å²) >= 11 is 1.42. The maximum Gasteiger partial charge on any atom is 0.328 e. The Bertz CT molecular complexity index is 941. The third-order valence-corrected chi connectivity index (χ3v) is 5.79. The van der Waals surface area contributed by atoms with E-state index in [2.05, 4.69) is 22.3 Å². The fourth-order valence-electron chi connectivity index (χ4n) is 3.23. The number of carboxylic acids is 1. The molecule has 2 aromatic rings. The first-order valence-electron chi connectivity index (χ1n) is 9.98. The average molecular weight is 440 g/mol. The number of nitrogens with one attached hydrogen (secondary N) is 1. The van der Waals surface area contributed by atoms with Crippen molar-refractivity contribution in [3.63, 3.8) is 0 Å². The van der Waals surface area contributed by atoms with E-state index in [1.807, 2.05) is 29.2 Å². The van der Waals surface area contributed by atoms with Crippen molar-refractivity contribution in [2.45, 2.75) is 11.4 Å². The topological polar surface area (TPSA) is 89.9 Å². The van der Waals surface area contributed by atoms with Gasteiger partial charge in [-0.3, -0.25) is 14.5 Å². The van der Waals surface area contributed by atoms with Crippen molar-refractivity contribution < 1.29 is 19.5 Å². The van der Waals surface area contributed by atoms with Gasteiger partial charge in [0.15, 0.2) is 0 Å². The van der Waals surface area contributed by atoms with E-state index in [-0.39, 0.29) is 5.91 Å². The average Bonchev–Trinajstić information content (AvgIpc) is 2.77. The normalized spacial score (nSPS) is 14.5. The lowest BCUT2D eigenvalue weighted by Crippen LogP contribution is -2.48. The van der Waals surface area contributed by atoms with Crippen molar-refractivity contribution in [1.82, 2.24) is 9.80 Å². The van der Waals surface area contributed by atoms with Gasteiger partial charge < -0.3 is 15.3 Å². The minimum Gasteiger partial charge on any atom is -0.478 e. The van der Waals surface area contributed by atoms with Crippen LogP contribution in [0.4, 0.5) is 5.69 Å². The Morgan fingerprint density at radius 2 is 1.71 bits per heavy atom. The summed E-state index contributed by atoms with van der Waals surface area (Å²) in [5.74, 6) is -1.27. The van der Waals surface area contributed by atoms with Crippen molar-refractivity contribution in [2.75, 3.05) is 37.2 Å². The van der Waals surface area contributed by atoms with E-state index >= 15 is 0 Å². The second-order valence-corrected chi connectivity index (χ2v) is 8.17. The lowest BCUT2D eigenvalue weighted by molar-refractivity contribution is -0.132. The van der Waals surface area contributed by atoms with Crippen LogP contribution < -0.4 is 5.32 Å². The Hall–Kier alpha value is -3.10. The van der Waals surface area contributed by atoms with Crippen LogP contribution in [0.3, 0.4) is 0 Å². The predicted molar refractivity (Wildman–Crippen MR) is 121 cm³/mol. The highest BCUT2D eigenvalue weighted by atomic mass is 32.2. The molecule has 1 heterocycles. The highest BCUT2D eigenvalue weighted by Gasteiger charge is 2.21. The molecule has 2 amide bonds. The fourth-order valence-corrected chi connectivity index (χ4v) is 4.09. The third-order valence-electron chi connectivity index (χ3n) is 4.82. The van der Waals surface area contributed by atoms with E-state index in [1.54, 1.807) is 18.2 Å². The number of hydrogen-bond donors (Lipinski definition) is 2. The van der Waals surface area contributed by atoms with Gasteiger partial charge in [-0.1, -0.05) is 36.4 Å². The molecule has 0 bridgehead atoms. The molecule has 0 unspecified atom stereocenters. The lowest BCUT2D eigenvalue weighted by Gasteiger charge is -2.34. The highest BCUT2D eigenvalue weighted by Crippen LogP contribution is 2.22. The molecule has 2 aromatic carbocycles. The quantitative estimate of drug-likeness (QED) is 0.486. The predicted octanol–water partition coefficient (Wildman–Crippen LogP) is 2.70. The number of anilines is 1. The van der Waals surface area contributed by atoms with Crippen LogP contribution in [0.15, 0.2) is 71.6 Å². The molecule has 162 valence electrons. The standard InChI is InChI=1S/C23H25N3O4S/c27-21(9-10-23(29)30)24-19-7-4-8-20(15-19)31-17-22(28)26-13-11-25(12-14-26)16-18-5-2-1-3-6-18/h1-10,15H,11-14,16-17H2,(H,24,27)(H,29,30)/b10-9+. The summed E-state index contributed by atoms with van der Waals surface area (Å²) in [5.41, 5.74) is 1.83. The Morgan fingerprint density at radius 3 is 2.42 bits per heavy atom. The zero-order valence-corrected chi connectivity index (χ0v) is 17.9. The Morgan fingerprint density at radius 1 is 0.968 bits per heavy atom. The molecule has 2 N–H and O–H groups in total. The third kappa shape index (κ3) is 7.58. The van der Waals surface area contributed by atoms with Crippen LogP contribution >= 0.6 is 11.8 Å². The molecule has 0 radical (unpaired) electrons.